The van der Waals surface area contributed by atoms with Crippen LogP contribution < -0.4 is 4.57 Å². The lowest BCUT2D eigenvalue weighted by atomic mass is 10.1. The Balaban J connectivity index is 1.35. The van der Waals surface area contributed by atoms with Crippen molar-refractivity contribution < 1.29 is 9.30 Å². The molecule has 142 valence electrons. The predicted molar refractivity (Wildman–Crippen MR) is 116 cm³/mol. The largest absolute Gasteiger partial charge is 0.372 e. The van der Waals surface area contributed by atoms with Gasteiger partial charge < -0.3 is 9.72 Å². The SMILES string of the molecule is c1ccc(COCc2ccc3c(c2)[nH]c2c[n+](Cc4ccccc4)ccc23)cc1. The van der Waals surface area contributed by atoms with Crippen LogP contribution in [0.1, 0.15) is 16.7 Å². The highest BCUT2D eigenvalue weighted by atomic mass is 16.5. The van der Waals surface area contributed by atoms with E-state index < -0.39 is 0 Å². The van der Waals surface area contributed by atoms with Gasteiger partial charge >= 0.3 is 0 Å². The van der Waals surface area contributed by atoms with Gasteiger partial charge in [-0.15, -0.1) is 0 Å². The topological polar surface area (TPSA) is 28.9 Å². The summed E-state index contributed by atoms with van der Waals surface area (Å²) in [7, 11) is 0. The molecule has 2 aromatic heterocycles. The molecule has 0 amide bonds. The van der Waals surface area contributed by atoms with Crippen LogP contribution in [0.2, 0.25) is 0 Å². The van der Waals surface area contributed by atoms with E-state index in [2.05, 4.69) is 88.7 Å². The molecule has 0 fully saturated rings. The third kappa shape index (κ3) is 3.91. The van der Waals surface area contributed by atoms with Crippen molar-refractivity contribution in [2.75, 3.05) is 0 Å². The lowest BCUT2D eigenvalue weighted by molar-refractivity contribution is -0.687. The molecule has 0 unspecified atom stereocenters. The molecule has 0 aliphatic carbocycles. The summed E-state index contributed by atoms with van der Waals surface area (Å²) < 4.78 is 8.12. The summed E-state index contributed by atoms with van der Waals surface area (Å²) in [6.07, 6.45) is 4.34. The van der Waals surface area contributed by atoms with Crippen LogP contribution in [0.25, 0.3) is 21.8 Å². The van der Waals surface area contributed by atoms with Gasteiger partial charge in [0.05, 0.1) is 13.2 Å². The fourth-order valence-electron chi connectivity index (χ4n) is 3.79. The first-order valence-corrected chi connectivity index (χ1v) is 9.94. The lowest BCUT2D eigenvalue weighted by Crippen LogP contribution is -2.33. The number of nitrogens with one attached hydrogen (secondary N) is 1. The van der Waals surface area contributed by atoms with Gasteiger partial charge in [0.1, 0.15) is 5.52 Å². The van der Waals surface area contributed by atoms with Gasteiger partial charge in [-0.2, -0.15) is 4.57 Å². The summed E-state index contributed by atoms with van der Waals surface area (Å²) in [6.45, 7) is 2.10. The smallest absolute Gasteiger partial charge is 0.193 e. The molecule has 0 aliphatic heterocycles. The zero-order valence-electron chi connectivity index (χ0n) is 16.2. The Morgan fingerprint density at radius 3 is 2.14 bits per heavy atom. The standard InChI is InChI=1S/C26H22N2O/c1-3-7-20(8-4-1)16-28-14-13-24-23-12-11-22(15-25(23)27-26(24)17-28)19-29-18-21-9-5-2-6-10-21/h1-15,17H,16,18-19H2/p+1. The number of rotatable bonds is 6. The van der Waals surface area contributed by atoms with Crippen LogP contribution in [0, 0.1) is 0 Å². The first-order chi connectivity index (χ1) is 14.3. The van der Waals surface area contributed by atoms with E-state index in [1.807, 2.05) is 18.2 Å². The molecule has 0 bridgehead atoms. The van der Waals surface area contributed by atoms with Gasteiger partial charge in [-0.05, 0) is 17.2 Å². The number of fused-ring (bicyclic) bond motifs is 3. The van der Waals surface area contributed by atoms with Crippen LogP contribution >= 0.6 is 0 Å². The molecule has 1 N–H and O–H groups in total. The lowest BCUT2D eigenvalue weighted by Gasteiger charge is -2.05. The number of benzene rings is 3. The van der Waals surface area contributed by atoms with Crippen LogP contribution in [0.3, 0.4) is 0 Å². The Morgan fingerprint density at radius 1 is 0.655 bits per heavy atom. The van der Waals surface area contributed by atoms with E-state index in [1.165, 1.54) is 27.5 Å². The number of aromatic amines is 1. The maximum atomic E-state index is 5.90. The third-order valence-corrected chi connectivity index (χ3v) is 5.25. The Hall–Kier alpha value is -3.43. The van der Waals surface area contributed by atoms with Crippen molar-refractivity contribution in [3.63, 3.8) is 0 Å². The molecule has 3 heteroatoms. The molecule has 0 atom stereocenters. The summed E-state index contributed by atoms with van der Waals surface area (Å²) in [5, 5.41) is 2.50. The molecular formula is C26H23N2O+. The molecular weight excluding hydrogens is 356 g/mol. The molecule has 3 nitrogen and oxygen atoms in total. The highest BCUT2D eigenvalue weighted by Gasteiger charge is 2.10. The maximum Gasteiger partial charge on any atom is 0.193 e. The van der Waals surface area contributed by atoms with E-state index in [0.717, 1.165) is 17.6 Å². The average Bonchev–Trinajstić information content (AvgIpc) is 3.12. The molecule has 5 aromatic rings. The van der Waals surface area contributed by atoms with E-state index in [9.17, 15) is 0 Å². The van der Waals surface area contributed by atoms with Gasteiger partial charge in [-0.1, -0.05) is 72.8 Å². The molecule has 0 spiro atoms. The molecule has 0 aliphatic rings. The average molecular weight is 379 g/mol. The number of hydrogen-bond acceptors (Lipinski definition) is 1. The van der Waals surface area contributed by atoms with E-state index in [4.69, 9.17) is 4.74 Å². The zero-order valence-corrected chi connectivity index (χ0v) is 16.2. The van der Waals surface area contributed by atoms with Crippen molar-refractivity contribution in [1.82, 2.24) is 4.98 Å². The summed E-state index contributed by atoms with van der Waals surface area (Å²) >= 11 is 0. The molecule has 3 aromatic carbocycles. The number of ether oxygens (including phenoxy) is 1. The molecule has 5 rings (SSSR count). The fourth-order valence-corrected chi connectivity index (χ4v) is 3.79. The van der Waals surface area contributed by atoms with Crippen LogP contribution in [-0.2, 0) is 24.5 Å². The monoisotopic (exact) mass is 379 g/mol. The minimum absolute atomic E-state index is 0.605. The highest BCUT2D eigenvalue weighted by Crippen LogP contribution is 2.25. The number of pyridine rings is 1. The molecule has 0 radical (unpaired) electrons. The van der Waals surface area contributed by atoms with E-state index in [0.29, 0.717) is 13.2 Å². The van der Waals surface area contributed by atoms with Crippen molar-refractivity contribution in [3.8, 4) is 0 Å². The number of aromatic nitrogens is 2. The van der Waals surface area contributed by atoms with Crippen molar-refractivity contribution >= 4 is 21.8 Å². The van der Waals surface area contributed by atoms with Crippen LogP contribution in [0.15, 0.2) is 97.3 Å². The van der Waals surface area contributed by atoms with Crippen molar-refractivity contribution in [3.05, 3.63) is 114 Å². The number of nitrogens with zero attached hydrogens (tertiary/aromatic N) is 1. The number of H-pyrrole nitrogens is 1. The molecule has 2 heterocycles. The predicted octanol–water partition coefficient (Wildman–Crippen LogP) is 5.37. The second-order valence-corrected chi connectivity index (χ2v) is 7.41. The molecule has 29 heavy (non-hydrogen) atoms. The second kappa shape index (κ2) is 7.90. The maximum absolute atomic E-state index is 5.90. The third-order valence-electron chi connectivity index (χ3n) is 5.25. The van der Waals surface area contributed by atoms with Gasteiger partial charge in [0.2, 0.25) is 0 Å². The summed E-state index contributed by atoms with van der Waals surface area (Å²) in [6, 6.07) is 29.6. The van der Waals surface area contributed by atoms with Crippen LogP contribution in [0.5, 0.6) is 0 Å². The number of hydrogen-bond donors (Lipinski definition) is 1. The van der Waals surface area contributed by atoms with Crippen molar-refractivity contribution in [2.45, 2.75) is 19.8 Å². The Labute approximate surface area is 170 Å². The zero-order chi connectivity index (χ0) is 19.5. The summed E-state index contributed by atoms with van der Waals surface area (Å²) in [5.74, 6) is 0. The normalized spacial score (nSPS) is 11.3. The first-order valence-electron chi connectivity index (χ1n) is 9.94. The van der Waals surface area contributed by atoms with E-state index in [-0.39, 0.29) is 0 Å². The van der Waals surface area contributed by atoms with Gasteiger partial charge in [-0.3, -0.25) is 0 Å². The van der Waals surface area contributed by atoms with Crippen molar-refractivity contribution in [1.29, 1.82) is 0 Å². The van der Waals surface area contributed by atoms with Crippen molar-refractivity contribution in [2.24, 2.45) is 0 Å². The quantitative estimate of drug-likeness (QED) is 0.395. The molecule has 0 saturated heterocycles. The Morgan fingerprint density at radius 2 is 1.34 bits per heavy atom. The fraction of sp³-hybridized carbons (Fsp3) is 0.115. The van der Waals surface area contributed by atoms with Gasteiger partial charge in [0.15, 0.2) is 18.9 Å². The van der Waals surface area contributed by atoms with Gasteiger partial charge in [0, 0.05) is 27.9 Å². The minimum Gasteiger partial charge on any atom is -0.372 e. The molecule has 0 saturated carbocycles. The second-order valence-electron chi connectivity index (χ2n) is 7.41. The van der Waals surface area contributed by atoms with E-state index in [1.54, 1.807) is 0 Å². The summed E-state index contributed by atoms with van der Waals surface area (Å²) in [4.78, 5) is 3.58. The van der Waals surface area contributed by atoms with Gasteiger partial charge in [-0.25, -0.2) is 0 Å². The highest BCUT2D eigenvalue weighted by molar-refractivity contribution is 6.06. The Kier molecular flexibility index (Phi) is 4.81. The van der Waals surface area contributed by atoms with Crippen LogP contribution in [-0.4, -0.2) is 4.98 Å². The van der Waals surface area contributed by atoms with E-state index >= 15 is 0 Å². The van der Waals surface area contributed by atoms with Gasteiger partial charge in [0.25, 0.3) is 0 Å². The first kappa shape index (κ1) is 17.7. The summed E-state index contributed by atoms with van der Waals surface area (Å²) in [5.41, 5.74) is 5.98. The Bertz CT molecular complexity index is 1240. The minimum atomic E-state index is 0.605. The van der Waals surface area contributed by atoms with Crippen LogP contribution in [0.4, 0.5) is 0 Å².